The average Bonchev–Trinajstić information content (AvgIpc) is 0.667. The normalized spacial score (nSPS) is 50.9. The van der Waals surface area contributed by atoms with Crippen molar-refractivity contribution in [2.75, 3.05) is 26.4 Å². The van der Waals surface area contributed by atoms with Crippen LogP contribution in [0.5, 0.6) is 0 Å². The summed E-state index contributed by atoms with van der Waals surface area (Å²) in [4.78, 5) is 39.7. The summed E-state index contributed by atoms with van der Waals surface area (Å²) in [5.41, 5.74) is -4.81. The molecule has 0 aromatic rings. The van der Waals surface area contributed by atoms with Crippen LogP contribution in [0.15, 0.2) is 23.3 Å². The van der Waals surface area contributed by atoms with E-state index in [1.165, 1.54) is 6.92 Å². The van der Waals surface area contributed by atoms with E-state index in [1.807, 2.05) is 34.6 Å². The van der Waals surface area contributed by atoms with Gasteiger partial charge >= 0.3 is 17.9 Å². The van der Waals surface area contributed by atoms with E-state index in [0.717, 1.165) is 5.57 Å². The molecule has 27 nitrogen and oxygen atoms in total. The summed E-state index contributed by atoms with van der Waals surface area (Å²) in [5.74, 6) is -4.16. The average molecular weight is 1230 g/mol. The predicted molar refractivity (Wildman–Crippen MR) is 290 cm³/mol. The lowest BCUT2D eigenvalue weighted by Crippen LogP contribution is -2.76. The Labute approximate surface area is 498 Å². The molecular formula is C59H92O27. The van der Waals surface area contributed by atoms with E-state index >= 15 is 0 Å². The number of hydrogen-bond acceptors (Lipinski definition) is 26. The molecule has 4 aliphatic heterocycles. The number of ether oxygens (including phenoxy) is 10. The second-order valence-corrected chi connectivity index (χ2v) is 27.6. The van der Waals surface area contributed by atoms with Crippen molar-refractivity contribution in [3.63, 3.8) is 0 Å². The SMILES string of the molecule is C/C=C(\C)C(=O)O[C@H]1[C@H](OC(C)=O)[C@@]2(CO)C(CC1(C)C)C1=CC[C@@H]3[C@@]4(C)CC[C@H](O[C@@H]5O[C@H](C(=O)O)[C@@H](O)[C@H](O[C@@H]6OC[C@H](O)[C@H](O)[C@H]6O[C@@H]6OC[C@@H](O)[C@H](O)[C@H]6O)[C@H]5O[C@@H]5O[C@H](CO)[C@H](O)[C@H](O)[C@H]5O)C(C)(C)C4CC[C@@]3(C)[C@]1(C)[C@@H](O)[C@H]2O. The fourth-order valence-corrected chi connectivity index (χ4v) is 17.2. The van der Waals surface area contributed by atoms with Gasteiger partial charge in [-0.3, -0.25) is 4.79 Å². The Morgan fingerprint density at radius 3 is 1.87 bits per heavy atom. The highest BCUT2D eigenvalue weighted by Crippen LogP contribution is 2.76. The molecule has 27 heteroatoms. The maximum atomic E-state index is 13.5. The lowest BCUT2D eigenvalue weighted by atomic mass is 9.32. The number of allylic oxidation sites excluding steroid dienone is 2. The maximum absolute atomic E-state index is 13.5. The van der Waals surface area contributed by atoms with Gasteiger partial charge in [0, 0.05) is 23.3 Å². The van der Waals surface area contributed by atoms with E-state index in [4.69, 9.17) is 47.4 Å². The number of carbonyl (C=O) groups is 3. The van der Waals surface area contributed by atoms with Gasteiger partial charge in [-0.2, -0.15) is 0 Å². The van der Waals surface area contributed by atoms with Crippen LogP contribution in [0.4, 0.5) is 0 Å². The lowest BCUT2D eigenvalue weighted by molar-refractivity contribution is -0.399. The van der Waals surface area contributed by atoms with Crippen LogP contribution in [0.1, 0.15) is 108 Å². The molecule has 0 aromatic heterocycles. The number of rotatable bonds is 14. The maximum Gasteiger partial charge on any atom is 0.335 e. The first-order valence-corrected chi connectivity index (χ1v) is 29.9. The molecule has 0 radical (unpaired) electrons. The van der Waals surface area contributed by atoms with Gasteiger partial charge in [0.25, 0.3) is 0 Å². The number of carbonyl (C=O) groups excluding carboxylic acids is 2. The van der Waals surface area contributed by atoms with Crippen LogP contribution in [0, 0.1) is 50.2 Å². The zero-order valence-corrected chi connectivity index (χ0v) is 50.3. The zero-order chi connectivity index (χ0) is 63.5. The molecule has 0 aromatic carbocycles. The van der Waals surface area contributed by atoms with Crippen molar-refractivity contribution < 1.29 is 133 Å². The highest BCUT2D eigenvalue weighted by Gasteiger charge is 2.76. The molecule has 490 valence electrons. The van der Waals surface area contributed by atoms with Crippen LogP contribution in [0.3, 0.4) is 0 Å². The van der Waals surface area contributed by atoms with Gasteiger partial charge in [-0.25, -0.2) is 9.59 Å². The van der Waals surface area contributed by atoms with Crippen molar-refractivity contribution in [1.29, 1.82) is 0 Å². The van der Waals surface area contributed by atoms with E-state index in [0.29, 0.717) is 31.3 Å². The topological polar surface area (TPSA) is 427 Å². The van der Waals surface area contributed by atoms with Gasteiger partial charge in [-0.05, 0) is 86.4 Å². The number of carboxylic acids is 1. The highest BCUT2D eigenvalue weighted by atomic mass is 16.8. The summed E-state index contributed by atoms with van der Waals surface area (Å²) >= 11 is 0. The molecule has 4 saturated carbocycles. The number of hydrogen-bond donors (Lipinski definition) is 14. The second kappa shape index (κ2) is 24.6. The van der Waals surface area contributed by atoms with E-state index in [2.05, 4.69) is 19.9 Å². The Hall–Kier alpha value is -2.95. The van der Waals surface area contributed by atoms with Gasteiger partial charge in [-0.15, -0.1) is 0 Å². The first kappa shape index (κ1) is 67.4. The Morgan fingerprint density at radius 2 is 1.26 bits per heavy atom. The molecule has 2 unspecified atom stereocenters. The monoisotopic (exact) mass is 1230 g/mol. The first-order chi connectivity index (χ1) is 40.1. The van der Waals surface area contributed by atoms with Crippen LogP contribution in [-0.2, 0) is 61.8 Å². The van der Waals surface area contributed by atoms with Gasteiger partial charge in [-0.1, -0.05) is 66.2 Å². The Morgan fingerprint density at radius 1 is 0.640 bits per heavy atom. The molecule has 0 bridgehead atoms. The predicted octanol–water partition coefficient (Wildman–Crippen LogP) is -2.22. The fraction of sp³-hybridized carbons (Fsp3) is 0.881. The zero-order valence-electron chi connectivity index (χ0n) is 50.3. The van der Waals surface area contributed by atoms with Crippen LogP contribution in [0.25, 0.3) is 0 Å². The molecule has 9 aliphatic rings. The molecule has 14 N–H and O–H groups in total. The van der Waals surface area contributed by atoms with Crippen molar-refractivity contribution in [3.05, 3.63) is 23.3 Å². The van der Waals surface area contributed by atoms with Crippen molar-refractivity contribution in [1.82, 2.24) is 0 Å². The standard InChI is InChI=1S/C59H92O27/c1-11-23(2)49(76)86-46-47(79-24(3)62)59(22-61)26(18-54(46,4)5)25-12-13-31-56(8)16-15-32(55(6,7)30(56)14-17-57(31,9)58(25,10)44(72)45(59)73)81-53-43(85-51-38(70)36(68)35(67)29(19-60)80-51)40(39(71)41(83-53)48(74)75)82-52-42(34(66)28(64)21-78-52)84-50-37(69)33(65)27(63)20-77-50/h11-12,26-47,50-53,60-61,63-73H,13-22H2,1-10H3,(H,74,75)/b23-11+/t26?,27-,28+,29-,30?,31-,32+,33+,34+,35+,36+,37-,38-,39+,40+,41+,42-,43-,44+,45-,46+,47+,50+,51+,52+,53-,56+,57-,58+,59+/m1/s1. The van der Waals surface area contributed by atoms with E-state index in [9.17, 15) is 85.9 Å². The Bertz CT molecular complexity index is 2530. The smallest absolute Gasteiger partial charge is 0.335 e. The minimum Gasteiger partial charge on any atom is -0.479 e. The van der Waals surface area contributed by atoms with Crippen LogP contribution >= 0.6 is 0 Å². The summed E-state index contributed by atoms with van der Waals surface area (Å²) < 4.78 is 60.7. The molecule has 0 amide bonds. The molecule has 9 rings (SSSR count). The van der Waals surface area contributed by atoms with Crippen molar-refractivity contribution in [2.24, 2.45) is 50.2 Å². The quantitative estimate of drug-likeness (QED) is 0.0379. The van der Waals surface area contributed by atoms with E-state index in [-0.39, 0.29) is 24.7 Å². The number of aliphatic hydroxyl groups excluding tert-OH is 13. The van der Waals surface area contributed by atoms with Gasteiger partial charge in [0.15, 0.2) is 37.4 Å². The minimum atomic E-state index is -2.23. The van der Waals surface area contributed by atoms with Crippen molar-refractivity contribution in [2.45, 2.75) is 249 Å². The second-order valence-electron chi connectivity index (χ2n) is 27.6. The number of esters is 2. The van der Waals surface area contributed by atoms with Gasteiger partial charge in [0.05, 0.1) is 50.2 Å². The summed E-state index contributed by atoms with van der Waals surface area (Å²) in [5, 5.41) is 157. The third kappa shape index (κ3) is 10.8. The summed E-state index contributed by atoms with van der Waals surface area (Å²) in [6, 6.07) is 0. The molecular weight excluding hydrogens is 1140 g/mol. The Kier molecular flexibility index (Phi) is 19.3. The Balaban J connectivity index is 1.05. The van der Waals surface area contributed by atoms with Gasteiger partial charge in [0.2, 0.25) is 0 Å². The van der Waals surface area contributed by atoms with Crippen LogP contribution in [-0.4, -0.2) is 257 Å². The summed E-state index contributed by atoms with van der Waals surface area (Å²) in [6.07, 6.45) is -34.3. The van der Waals surface area contributed by atoms with E-state index in [1.54, 1.807) is 19.9 Å². The molecule has 8 fully saturated rings. The molecule has 0 spiro atoms. The van der Waals surface area contributed by atoms with Crippen LogP contribution in [0.2, 0.25) is 0 Å². The minimum absolute atomic E-state index is 0.185. The number of carboxylic acid groups (broad SMARTS) is 1. The largest absolute Gasteiger partial charge is 0.479 e. The van der Waals surface area contributed by atoms with E-state index < -0.39 is 224 Å². The highest BCUT2D eigenvalue weighted by molar-refractivity contribution is 5.87. The third-order valence-corrected chi connectivity index (χ3v) is 22.3. The number of fused-ring (bicyclic) bond motifs is 7. The molecule has 5 aliphatic carbocycles. The summed E-state index contributed by atoms with van der Waals surface area (Å²) in [6.45, 7) is 15.7. The van der Waals surface area contributed by atoms with Crippen LogP contribution < -0.4 is 0 Å². The number of aliphatic carboxylic acids is 1. The first-order valence-electron chi connectivity index (χ1n) is 29.9. The van der Waals surface area contributed by atoms with Crippen molar-refractivity contribution in [3.8, 4) is 0 Å². The summed E-state index contributed by atoms with van der Waals surface area (Å²) in [7, 11) is 0. The van der Waals surface area contributed by atoms with Gasteiger partial charge < -0.3 is 119 Å². The molecule has 4 saturated heterocycles. The molecule has 86 heavy (non-hydrogen) atoms. The third-order valence-electron chi connectivity index (χ3n) is 22.3. The fourth-order valence-electron chi connectivity index (χ4n) is 17.2. The van der Waals surface area contributed by atoms with Crippen molar-refractivity contribution >= 4 is 17.9 Å². The number of aliphatic hydroxyl groups is 13. The molecule has 30 atom stereocenters. The van der Waals surface area contributed by atoms with Gasteiger partial charge in [0.1, 0.15) is 85.5 Å². The molecule has 4 heterocycles. The lowest BCUT2D eigenvalue weighted by Gasteiger charge is -2.73.